The fraction of sp³-hybridized carbons (Fsp3) is 0.536. The molecule has 5 nitrogen and oxygen atoms in total. The third-order valence-corrected chi connectivity index (χ3v) is 7.56. The molecule has 0 N–H and O–H groups in total. The monoisotopic (exact) mass is 448 g/mol. The summed E-state index contributed by atoms with van der Waals surface area (Å²) < 4.78 is 13.0. The number of amides is 1. The van der Waals surface area contributed by atoms with E-state index in [1.165, 1.54) is 11.1 Å². The molecule has 1 amide bonds. The summed E-state index contributed by atoms with van der Waals surface area (Å²) in [6.07, 6.45) is 2.79. The minimum atomic E-state index is -0.236. The molecule has 5 rings (SSSR count). The van der Waals surface area contributed by atoms with E-state index < -0.39 is 0 Å². The molecule has 3 atom stereocenters. The minimum absolute atomic E-state index is 0.136. The summed E-state index contributed by atoms with van der Waals surface area (Å²) in [4.78, 5) is 16.4. The van der Waals surface area contributed by atoms with E-state index in [4.69, 9.17) is 9.47 Å². The molecule has 33 heavy (non-hydrogen) atoms. The maximum absolute atomic E-state index is 12.0. The van der Waals surface area contributed by atoms with Crippen LogP contribution in [-0.4, -0.2) is 49.3 Å². The quantitative estimate of drug-likeness (QED) is 0.658. The van der Waals surface area contributed by atoms with E-state index >= 15 is 0 Å². The average Bonchev–Trinajstić information content (AvgIpc) is 3.26. The molecule has 0 saturated carbocycles. The van der Waals surface area contributed by atoms with Crippen molar-refractivity contribution in [2.24, 2.45) is 11.8 Å². The first-order valence-electron chi connectivity index (χ1n) is 12.5. The Kier molecular flexibility index (Phi) is 6.55. The lowest BCUT2D eigenvalue weighted by Crippen LogP contribution is -2.58. The highest BCUT2D eigenvalue weighted by Gasteiger charge is 2.46. The molecule has 0 radical (unpaired) electrons. The van der Waals surface area contributed by atoms with Crippen molar-refractivity contribution in [2.75, 3.05) is 37.7 Å². The van der Waals surface area contributed by atoms with E-state index in [9.17, 15) is 4.79 Å². The van der Waals surface area contributed by atoms with Crippen molar-refractivity contribution < 1.29 is 14.3 Å². The molecule has 5 heteroatoms. The molecule has 3 heterocycles. The number of nitrogens with zero attached hydrogens (tertiary/aromatic N) is 2. The van der Waals surface area contributed by atoms with E-state index in [-0.39, 0.29) is 17.6 Å². The third kappa shape index (κ3) is 4.86. The lowest BCUT2D eigenvalue weighted by molar-refractivity contribution is -0.211. The van der Waals surface area contributed by atoms with Crippen molar-refractivity contribution in [3.05, 3.63) is 65.7 Å². The second kappa shape index (κ2) is 9.57. The number of hydrogen-bond acceptors (Lipinski definition) is 4. The molecule has 0 aromatic heterocycles. The van der Waals surface area contributed by atoms with Gasteiger partial charge in [0.1, 0.15) is 5.60 Å². The molecule has 3 fully saturated rings. The van der Waals surface area contributed by atoms with E-state index in [0.717, 1.165) is 51.3 Å². The van der Waals surface area contributed by atoms with Crippen LogP contribution in [0.5, 0.6) is 0 Å². The Morgan fingerprint density at radius 3 is 2.55 bits per heavy atom. The van der Waals surface area contributed by atoms with Gasteiger partial charge in [-0.2, -0.15) is 0 Å². The van der Waals surface area contributed by atoms with Crippen LogP contribution in [0.3, 0.4) is 0 Å². The number of hydrogen-bond donors (Lipinski definition) is 0. The molecule has 1 spiro atoms. The molecule has 176 valence electrons. The normalized spacial score (nSPS) is 28.7. The molecule has 0 unspecified atom stereocenters. The van der Waals surface area contributed by atoms with E-state index in [2.05, 4.69) is 73.3 Å². The van der Waals surface area contributed by atoms with Crippen molar-refractivity contribution >= 4 is 11.6 Å². The second-order valence-electron chi connectivity index (χ2n) is 10.3. The van der Waals surface area contributed by atoms with Gasteiger partial charge in [0.15, 0.2) is 0 Å². The van der Waals surface area contributed by atoms with Gasteiger partial charge in [-0.1, -0.05) is 56.3 Å². The summed E-state index contributed by atoms with van der Waals surface area (Å²) in [6.45, 7) is 9.55. The van der Waals surface area contributed by atoms with Gasteiger partial charge in [0, 0.05) is 38.3 Å². The SMILES string of the molecule is CC(C)[C@@H]1C[C@@]2(CO[C@H]1c1ccccc1)CN(Cc1ccc(N3CCCC3=O)cc1)CCO2. The predicted molar refractivity (Wildman–Crippen MR) is 130 cm³/mol. The van der Waals surface area contributed by atoms with Gasteiger partial charge in [0.2, 0.25) is 5.91 Å². The number of carbonyl (C=O) groups excluding carboxylic acids is 1. The fourth-order valence-electron chi connectivity index (χ4n) is 5.76. The topological polar surface area (TPSA) is 42.0 Å². The highest BCUT2D eigenvalue weighted by molar-refractivity contribution is 5.95. The van der Waals surface area contributed by atoms with Gasteiger partial charge in [-0.15, -0.1) is 0 Å². The Morgan fingerprint density at radius 1 is 1.06 bits per heavy atom. The van der Waals surface area contributed by atoms with Gasteiger partial charge in [-0.3, -0.25) is 9.69 Å². The molecule has 3 aliphatic heterocycles. The van der Waals surface area contributed by atoms with Gasteiger partial charge in [-0.25, -0.2) is 0 Å². The molecular formula is C28H36N2O3. The first-order chi connectivity index (χ1) is 16.0. The lowest BCUT2D eigenvalue weighted by Gasteiger charge is -2.50. The van der Waals surface area contributed by atoms with Gasteiger partial charge < -0.3 is 14.4 Å². The maximum Gasteiger partial charge on any atom is 0.227 e. The molecule has 0 bridgehead atoms. The van der Waals surface area contributed by atoms with Gasteiger partial charge in [0.25, 0.3) is 0 Å². The lowest BCUT2D eigenvalue weighted by atomic mass is 9.75. The van der Waals surface area contributed by atoms with Crippen LogP contribution < -0.4 is 4.90 Å². The Balaban J connectivity index is 1.25. The fourth-order valence-corrected chi connectivity index (χ4v) is 5.76. The summed E-state index contributed by atoms with van der Waals surface area (Å²) in [6, 6.07) is 19.2. The first kappa shape index (κ1) is 22.6. The Bertz CT molecular complexity index is 945. The summed E-state index contributed by atoms with van der Waals surface area (Å²) in [5.41, 5.74) is 3.34. The first-order valence-corrected chi connectivity index (χ1v) is 12.5. The van der Waals surface area contributed by atoms with Crippen molar-refractivity contribution in [1.82, 2.24) is 4.90 Å². The summed E-state index contributed by atoms with van der Waals surface area (Å²) in [5.74, 6) is 1.19. The zero-order valence-corrected chi connectivity index (χ0v) is 19.9. The van der Waals surface area contributed by atoms with E-state index in [1.807, 2.05) is 4.90 Å². The average molecular weight is 449 g/mol. The van der Waals surface area contributed by atoms with E-state index in [0.29, 0.717) is 24.9 Å². The number of morpholine rings is 1. The van der Waals surface area contributed by atoms with Crippen molar-refractivity contribution in [1.29, 1.82) is 0 Å². The van der Waals surface area contributed by atoms with Crippen LogP contribution in [0.15, 0.2) is 54.6 Å². The van der Waals surface area contributed by atoms with Crippen molar-refractivity contribution in [3.63, 3.8) is 0 Å². The van der Waals surface area contributed by atoms with Crippen LogP contribution in [0, 0.1) is 11.8 Å². The highest BCUT2D eigenvalue weighted by Crippen LogP contribution is 2.44. The van der Waals surface area contributed by atoms with Crippen LogP contribution in [0.1, 0.15) is 50.3 Å². The molecule has 0 aliphatic carbocycles. The zero-order chi connectivity index (χ0) is 22.8. The van der Waals surface area contributed by atoms with Crippen molar-refractivity contribution in [3.8, 4) is 0 Å². The second-order valence-corrected chi connectivity index (χ2v) is 10.3. The van der Waals surface area contributed by atoms with Crippen LogP contribution in [-0.2, 0) is 20.8 Å². The Labute approximate surface area is 197 Å². The van der Waals surface area contributed by atoms with E-state index in [1.54, 1.807) is 0 Å². The molecule has 3 saturated heterocycles. The molecule has 2 aromatic rings. The summed E-state index contributed by atoms with van der Waals surface area (Å²) in [7, 11) is 0. The Hall–Kier alpha value is -2.21. The Morgan fingerprint density at radius 2 is 1.85 bits per heavy atom. The minimum Gasteiger partial charge on any atom is -0.370 e. The third-order valence-electron chi connectivity index (χ3n) is 7.56. The standard InChI is InChI=1S/C28H36N2O3/c1-21(2)25-17-28(20-32-27(25)23-7-4-3-5-8-23)19-29(15-16-33-28)18-22-10-12-24(13-11-22)30-14-6-9-26(30)31/h3-5,7-8,10-13,21,25,27H,6,9,14-20H2,1-2H3/t25-,27-,28-/m0/s1. The predicted octanol–water partition coefficient (Wildman–Crippen LogP) is 4.82. The van der Waals surface area contributed by atoms with Crippen LogP contribution in [0.4, 0.5) is 5.69 Å². The van der Waals surface area contributed by atoms with Gasteiger partial charge in [0.05, 0.1) is 19.3 Å². The van der Waals surface area contributed by atoms with Crippen LogP contribution >= 0.6 is 0 Å². The van der Waals surface area contributed by atoms with Gasteiger partial charge >= 0.3 is 0 Å². The number of rotatable bonds is 5. The van der Waals surface area contributed by atoms with Crippen molar-refractivity contribution in [2.45, 2.75) is 51.4 Å². The number of anilines is 1. The number of ether oxygens (including phenoxy) is 2. The maximum atomic E-state index is 12.0. The summed E-state index contributed by atoms with van der Waals surface area (Å²) >= 11 is 0. The number of benzene rings is 2. The highest BCUT2D eigenvalue weighted by atomic mass is 16.6. The summed E-state index contributed by atoms with van der Waals surface area (Å²) in [5, 5.41) is 0. The van der Waals surface area contributed by atoms with Crippen LogP contribution in [0.2, 0.25) is 0 Å². The number of carbonyl (C=O) groups is 1. The molecular weight excluding hydrogens is 412 g/mol. The molecule has 3 aliphatic rings. The van der Waals surface area contributed by atoms with Crippen LogP contribution in [0.25, 0.3) is 0 Å². The van der Waals surface area contributed by atoms with Gasteiger partial charge in [-0.05, 0) is 47.9 Å². The largest absolute Gasteiger partial charge is 0.370 e. The molecule has 2 aromatic carbocycles. The zero-order valence-electron chi connectivity index (χ0n) is 19.9. The smallest absolute Gasteiger partial charge is 0.227 e.